The van der Waals surface area contributed by atoms with E-state index in [1.54, 1.807) is 24.1 Å². The number of hydrogen-bond acceptors (Lipinski definition) is 4. The summed E-state index contributed by atoms with van der Waals surface area (Å²) in [5, 5.41) is 0. The van der Waals surface area contributed by atoms with Crippen molar-refractivity contribution in [3.05, 3.63) is 59.9 Å². The third kappa shape index (κ3) is 3.96. The Morgan fingerprint density at radius 1 is 1.15 bits per heavy atom. The number of ether oxygens (including phenoxy) is 2. The first-order chi connectivity index (χ1) is 12.5. The minimum Gasteiger partial charge on any atom is -0.497 e. The van der Waals surface area contributed by atoms with Crippen LogP contribution in [-0.2, 0) is 4.79 Å². The summed E-state index contributed by atoms with van der Waals surface area (Å²) >= 11 is 0. The molecule has 2 aromatic rings. The van der Waals surface area contributed by atoms with Crippen LogP contribution in [0.15, 0.2) is 48.5 Å². The number of likely N-dealkylation sites (N-methyl/N-ethyl adjacent to an activating group) is 1. The predicted molar refractivity (Wildman–Crippen MR) is 96.8 cm³/mol. The number of rotatable bonds is 6. The number of likely N-dealkylation sites (tertiary alicyclic amines) is 1. The Kier molecular flexibility index (Phi) is 5.42. The van der Waals surface area contributed by atoms with E-state index >= 15 is 0 Å². The van der Waals surface area contributed by atoms with Gasteiger partial charge in [-0.1, -0.05) is 18.2 Å². The summed E-state index contributed by atoms with van der Waals surface area (Å²) in [7, 11) is 5.30. The highest BCUT2D eigenvalue weighted by molar-refractivity contribution is 5.84. The molecule has 1 saturated heterocycles. The van der Waals surface area contributed by atoms with Gasteiger partial charge in [-0.15, -0.1) is 0 Å². The van der Waals surface area contributed by atoms with Gasteiger partial charge in [0, 0.05) is 6.07 Å². The van der Waals surface area contributed by atoms with E-state index in [9.17, 15) is 9.18 Å². The largest absolute Gasteiger partial charge is 0.497 e. The summed E-state index contributed by atoms with van der Waals surface area (Å²) in [5.74, 6) is 1.14. The zero-order valence-corrected chi connectivity index (χ0v) is 15.2. The second-order valence-electron chi connectivity index (χ2n) is 6.58. The standard InChI is InChI=1S/C20H23FN2O3/c1-22(2)19(14-7-9-15(21)10-8-14)20(24)23-12-18(13-23)26-17-6-4-5-16(11-17)25-3/h4-11,18-19H,12-13H2,1-3H3/t19-/m0/s1. The third-order valence-corrected chi connectivity index (χ3v) is 4.44. The Morgan fingerprint density at radius 3 is 2.42 bits per heavy atom. The molecule has 26 heavy (non-hydrogen) atoms. The van der Waals surface area contributed by atoms with Gasteiger partial charge in [-0.25, -0.2) is 4.39 Å². The van der Waals surface area contributed by atoms with Gasteiger partial charge in [-0.3, -0.25) is 9.69 Å². The molecule has 0 spiro atoms. The molecule has 0 radical (unpaired) electrons. The molecule has 0 bridgehead atoms. The van der Waals surface area contributed by atoms with Crippen molar-refractivity contribution in [3.63, 3.8) is 0 Å². The van der Waals surface area contributed by atoms with Gasteiger partial charge in [0.05, 0.1) is 20.2 Å². The van der Waals surface area contributed by atoms with E-state index in [1.165, 1.54) is 12.1 Å². The first kappa shape index (κ1) is 18.2. The summed E-state index contributed by atoms with van der Waals surface area (Å²) in [5.41, 5.74) is 0.776. The zero-order chi connectivity index (χ0) is 18.7. The average Bonchev–Trinajstić information content (AvgIpc) is 2.59. The lowest BCUT2D eigenvalue weighted by Crippen LogP contribution is -2.58. The van der Waals surface area contributed by atoms with E-state index in [0.717, 1.165) is 17.1 Å². The first-order valence-corrected chi connectivity index (χ1v) is 8.49. The number of benzene rings is 2. The quantitative estimate of drug-likeness (QED) is 0.796. The molecule has 1 amide bonds. The number of amides is 1. The van der Waals surface area contributed by atoms with Gasteiger partial charge in [-0.05, 0) is 43.9 Å². The SMILES string of the molecule is COc1cccc(OC2CN(C(=O)[C@H](c3ccc(F)cc3)N(C)C)C2)c1. The second-order valence-corrected chi connectivity index (χ2v) is 6.58. The maximum Gasteiger partial charge on any atom is 0.244 e. The van der Waals surface area contributed by atoms with Crippen LogP contribution in [-0.4, -0.2) is 56.1 Å². The highest BCUT2D eigenvalue weighted by atomic mass is 19.1. The second kappa shape index (κ2) is 7.74. The van der Waals surface area contributed by atoms with Gasteiger partial charge in [0.15, 0.2) is 0 Å². The molecule has 1 fully saturated rings. The van der Waals surface area contributed by atoms with E-state index in [1.807, 2.05) is 43.3 Å². The van der Waals surface area contributed by atoms with Crippen molar-refractivity contribution in [2.75, 3.05) is 34.3 Å². The van der Waals surface area contributed by atoms with Crippen LogP contribution in [0.4, 0.5) is 4.39 Å². The molecule has 0 unspecified atom stereocenters. The normalized spacial score (nSPS) is 15.5. The zero-order valence-electron chi connectivity index (χ0n) is 15.2. The van der Waals surface area contributed by atoms with E-state index < -0.39 is 6.04 Å². The van der Waals surface area contributed by atoms with Crippen LogP contribution in [0.1, 0.15) is 11.6 Å². The number of halogens is 1. The predicted octanol–water partition coefficient (Wildman–Crippen LogP) is 2.73. The van der Waals surface area contributed by atoms with Crippen molar-refractivity contribution in [3.8, 4) is 11.5 Å². The van der Waals surface area contributed by atoms with Gasteiger partial charge in [0.25, 0.3) is 0 Å². The van der Waals surface area contributed by atoms with Crippen LogP contribution in [0, 0.1) is 5.82 Å². The Hall–Kier alpha value is -2.60. The monoisotopic (exact) mass is 358 g/mol. The number of hydrogen-bond donors (Lipinski definition) is 0. The molecule has 3 rings (SSSR count). The molecule has 2 aromatic carbocycles. The molecule has 1 aliphatic heterocycles. The van der Waals surface area contributed by atoms with Gasteiger partial charge < -0.3 is 14.4 Å². The van der Waals surface area contributed by atoms with Crippen molar-refractivity contribution in [2.45, 2.75) is 12.1 Å². The molecular weight excluding hydrogens is 335 g/mol. The molecule has 1 heterocycles. The number of carbonyl (C=O) groups is 1. The van der Waals surface area contributed by atoms with Crippen LogP contribution < -0.4 is 9.47 Å². The number of methoxy groups -OCH3 is 1. The molecule has 138 valence electrons. The topological polar surface area (TPSA) is 42.0 Å². The van der Waals surface area contributed by atoms with Crippen molar-refractivity contribution in [2.24, 2.45) is 0 Å². The van der Waals surface area contributed by atoms with Gasteiger partial charge in [0.1, 0.15) is 29.5 Å². The van der Waals surface area contributed by atoms with Gasteiger partial charge >= 0.3 is 0 Å². The van der Waals surface area contributed by atoms with Crippen molar-refractivity contribution in [1.82, 2.24) is 9.80 Å². The molecule has 6 heteroatoms. The lowest BCUT2D eigenvalue weighted by molar-refractivity contribution is -0.145. The molecule has 0 aliphatic carbocycles. The van der Waals surface area contributed by atoms with Crippen LogP contribution in [0.3, 0.4) is 0 Å². The Morgan fingerprint density at radius 2 is 1.81 bits per heavy atom. The lowest BCUT2D eigenvalue weighted by Gasteiger charge is -2.41. The minimum atomic E-state index is -0.437. The highest BCUT2D eigenvalue weighted by Crippen LogP contribution is 2.27. The van der Waals surface area contributed by atoms with E-state index in [-0.39, 0.29) is 17.8 Å². The smallest absolute Gasteiger partial charge is 0.244 e. The van der Waals surface area contributed by atoms with Crippen LogP contribution >= 0.6 is 0 Å². The fourth-order valence-electron chi connectivity index (χ4n) is 3.04. The van der Waals surface area contributed by atoms with Crippen molar-refractivity contribution < 1.29 is 18.7 Å². The number of carbonyl (C=O) groups excluding carboxylic acids is 1. The van der Waals surface area contributed by atoms with E-state index in [4.69, 9.17) is 9.47 Å². The first-order valence-electron chi connectivity index (χ1n) is 8.49. The fraction of sp³-hybridized carbons (Fsp3) is 0.350. The summed E-state index contributed by atoms with van der Waals surface area (Å²) in [6, 6.07) is 13.0. The molecule has 0 saturated carbocycles. The van der Waals surface area contributed by atoms with E-state index in [2.05, 4.69) is 0 Å². The molecule has 1 aliphatic rings. The molecule has 1 atom stereocenters. The maximum absolute atomic E-state index is 13.2. The van der Waals surface area contributed by atoms with Crippen LogP contribution in [0.5, 0.6) is 11.5 Å². The van der Waals surface area contributed by atoms with Gasteiger partial charge in [0.2, 0.25) is 5.91 Å². The molecular formula is C20H23FN2O3. The molecule has 0 aromatic heterocycles. The average molecular weight is 358 g/mol. The molecule has 0 N–H and O–H groups in total. The van der Waals surface area contributed by atoms with E-state index in [0.29, 0.717) is 13.1 Å². The highest BCUT2D eigenvalue weighted by Gasteiger charge is 2.37. The number of nitrogens with zero attached hydrogens (tertiary/aromatic N) is 2. The Bertz CT molecular complexity index is 758. The van der Waals surface area contributed by atoms with Crippen LogP contribution in [0.2, 0.25) is 0 Å². The van der Waals surface area contributed by atoms with Crippen molar-refractivity contribution in [1.29, 1.82) is 0 Å². The fourth-order valence-corrected chi connectivity index (χ4v) is 3.04. The summed E-state index contributed by atoms with van der Waals surface area (Å²) in [6.07, 6.45) is -0.0397. The summed E-state index contributed by atoms with van der Waals surface area (Å²) < 4.78 is 24.2. The molecule has 5 nitrogen and oxygen atoms in total. The third-order valence-electron chi connectivity index (χ3n) is 4.44. The maximum atomic E-state index is 13.2. The Balaban J connectivity index is 1.61. The minimum absolute atomic E-state index is 0.00731. The van der Waals surface area contributed by atoms with Gasteiger partial charge in [-0.2, -0.15) is 0 Å². The lowest BCUT2D eigenvalue weighted by atomic mass is 10.0. The summed E-state index contributed by atoms with van der Waals surface area (Å²) in [4.78, 5) is 16.5. The summed E-state index contributed by atoms with van der Waals surface area (Å²) in [6.45, 7) is 1.06. The Labute approximate surface area is 152 Å². The van der Waals surface area contributed by atoms with Crippen molar-refractivity contribution >= 4 is 5.91 Å². The van der Waals surface area contributed by atoms with Crippen LogP contribution in [0.25, 0.3) is 0 Å².